The Hall–Kier alpha value is -1.22. The topological polar surface area (TPSA) is 24.5 Å². The third kappa shape index (κ3) is 1.07. The van der Waals surface area contributed by atoms with Crippen molar-refractivity contribution in [2.75, 3.05) is 25.6 Å². The van der Waals surface area contributed by atoms with E-state index in [2.05, 4.69) is 36.3 Å². The predicted octanol–water partition coefficient (Wildman–Crippen LogP) is 1.72. The summed E-state index contributed by atoms with van der Waals surface area (Å²) in [7, 11) is 3.90. The largest absolute Gasteiger partial charge is 0.497 e. The molecule has 2 atom stereocenters. The molecule has 1 aromatic carbocycles. The van der Waals surface area contributed by atoms with E-state index in [4.69, 9.17) is 4.74 Å². The monoisotopic (exact) mass is 218 g/mol. The molecule has 1 N–H and O–H groups in total. The molecule has 0 bridgehead atoms. The molecular formula is C13H18N2O. The van der Waals surface area contributed by atoms with Crippen molar-refractivity contribution < 1.29 is 4.74 Å². The van der Waals surface area contributed by atoms with Crippen molar-refractivity contribution in [1.82, 2.24) is 5.32 Å². The minimum atomic E-state index is 0.235. The van der Waals surface area contributed by atoms with Crippen LogP contribution in [0.15, 0.2) is 18.2 Å². The summed E-state index contributed by atoms with van der Waals surface area (Å²) in [5.74, 6) is 0.959. The van der Waals surface area contributed by atoms with Gasteiger partial charge in [-0.05, 0) is 36.7 Å². The number of methoxy groups -OCH3 is 1. The number of likely N-dealkylation sites (N-methyl/N-ethyl adjacent to an activating group) is 1. The molecule has 16 heavy (non-hydrogen) atoms. The van der Waals surface area contributed by atoms with Crippen molar-refractivity contribution in [3.63, 3.8) is 0 Å². The molecule has 0 aromatic heterocycles. The first-order valence-corrected chi connectivity index (χ1v) is 5.81. The first-order valence-electron chi connectivity index (χ1n) is 5.81. The molecule has 1 aromatic rings. The minimum Gasteiger partial charge on any atom is -0.497 e. The number of benzene rings is 1. The van der Waals surface area contributed by atoms with Gasteiger partial charge in [0.25, 0.3) is 0 Å². The number of hydrogen-bond donors (Lipinski definition) is 1. The zero-order chi connectivity index (χ0) is 11.3. The Morgan fingerprint density at radius 2 is 2.31 bits per heavy atom. The van der Waals surface area contributed by atoms with Gasteiger partial charge < -0.3 is 9.64 Å². The van der Waals surface area contributed by atoms with Crippen molar-refractivity contribution in [2.45, 2.75) is 24.9 Å². The van der Waals surface area contributed by atoms with Crippen molar-refractivity contribution in [3.05, 3.63) is 23.8 Å². The highest BCUT2D eigenvalue weighted by Crippen LogP contribution is 2.48. The Balaban J connectivity index is 2.16. The van der Waals surface area contributed by atoms with E-state index in [-0.39, 0.29) is 5.41 Å². The molecule has 2 aliphatic heterocycles. The highest BCUT2D eigenvalue weighted by atomic mass is 16.5. The maximum absolute atomic E-state index is 5.33. The lowest BCUT2D eigenvalue weighted by molar-refractivity contribution is 0.407. The van der Waals surface area contributed by atoms with Crippen LogP contribution in [0.4, 0.5) is 5.69 Å². The Labute approximate surface area is 96.4 Å². The molecule has 0 amide bonds. The summed E-state index contributed by atoms with van der Waals surface area (Å²) in [6.07, 6.45) is 1.64. The van der Waals surface area contributed by atoms with E-state index >= 15 is 0 Å². The summed E-state index contributed by atoms with van der Waals surface area (Å²) in [5.41, 5.74) is 2.99. The van der Waals surface area contributed by atoms with Crippen molar-refractivity contribution in [3.8, 4) is 5.75 Å². The normalized spacial score (nSPS) is 31.4. The van der Waals surface area contributed by atoms with Crippen LogP contribution in [0.25, 0.3) is 0 Å². The highest BCUT2D eigenvalue weighted by molar-refractivity contribution is 5.66. The van der Waals surface area contributed by atoms with Crippen molar-refractivity contribution >= 4 is 5.69 Å². The highest BCUT2D eigenvalue weighted by Gasteiger charge is 2.49. The number of nitrogens with zero attached hydrogens (tertiary/aromatic N) is 1. The van der Waals surface area contributed by atoms with Crippen LogP contribution in [0.5, 0.6) is 5.75 Å². The zero-order valence-corrected chi connectivity index (χ0v) is 10.1. The molecule has 3 rings (SSSR count). The summed E-state index contributed by atoms with van der Waals surface area (Å²) >= 11 is 0. The van der Waals surface area contributed by atoms with Crippen LogP contribution in [0.3, 0.4) is 0 Å². The van der Waals surface area contributed by atoms with Crippen molar-refractivity contribution in [2.24, 2.45) is 0 Å². The Morgan fingerprint density at radius 1 is 1.50 bits per heavy atom. The van der Waals surface area contributed by atoms with Gasteiger partial charge in [0.1, 0.15) is 5.75 Å². The number of rotatable bonds is 1. The lowest BCUT2D eigenvalue weighted by Gasteiger charge is -2.27. The van der Waals surface area contributed by atoms with Gasteiger partial charge in [-0.25, -0.2) is 0 Å². The van der Waals surface area contributed by atoms with E-state index in [0.29, 0.717) is 6.17 Å². The van der Waals surface area contributed by atoms with Crippen LogP contribution in [0.2, 0.25) is 0 Å². The van der Waals surface area contributed by atoms with Gasteiger partial charge in [-0.2, -0.15) is 0 Å². The summed E-state index contributed by atoms with van der Waals surface area (Å²) in [5, 5.41) is 3.58. The van der Waals surface area contributed by atoms with E-state index < -0.39 is 0 Å². The smallest absolute Gasteiger partial charge is 0.119 e. The van der Waals surface area contributed by atoms with E-state index in [1.165, 1.54) is 17.7 Å². The SMILES string of the molecule is COc1ccc2c(c1)[C@]1(C)CCN[C@@H]1N2C. The predicted molar refractivity (Wildman–Crippen MR) is 65.2 cm³/mol. The molecule has 86 valence electrons. The molecule has 2 aliphatic rings. The van der Waals surface area contributed by atoms with Gasteiger partial charge in [-0.15, -0.1) is 0 Å². The summed E-state index contributed by atoms with van der Waals surface area (Å²) in [4.78, 5) is 2.35. The average Bonchev–Trinajstić information content (AvgIpc) is 2.78. The van der Waals surface area contributed by atoms with Gasteiger partial charge in [0.15, 0.2) is 0 Å². The van der Waals surface area contributed by atoms with E-state index in [0.717, 1.165) is 12.3 Å². The molecular weight excluding hydrogens is 200 g/mol. The number of anilines is 1. The van der Waals surface area contributed by atoms with Crippen LogP contribution >= 0.6 is 0 Å². The number of nitrogens with one attached hydrogen (secondary N) is 1. The second-order valence-corrected chi connectivity index (χ2v) is 5.02. The second kappa shape index (κ2) is 3.14. The molecule has 2 heterocycles. The number of hydrogen-bond acceptors (Lipinski definition) is 3. The van der Waals surface area contributed by atoms with Crippen LogP contribution in [-0.4, -0.2) is 26.9 Å². The fourth-order valence-corrected chi connectivity index (χ4v) is 3.22. The lowest BCUT2D eigenvalue weighted by Crippen LogP contribution is -2.44. The molecule has 3 nitrogen and oxygen atoms in total. The first kappa shape index (κ1) is 9.97. The van der Waals surface area contributed by atoms with Crippen molar-refractivity contribution in [1.29, 1.82) is 0 Å². The molecule has 0 aliphatic carbocycles. The van der Waals surface area contributed by atoms with Crippen LogP contribution in [0, 0.1) is 0 Å². The lowest BCUT2D eigenvalue weighted by atomic mass is 9.81. The molecule has 1 fully saturated rings. The van der Waals surface area contributed by atoms with Gasteiger partial charge in [0, 0.05) is 18.2 Å². The third-order valence-corrected chi connectivity index (χ3v) is 4.17. The van der Waals surface area contributed by atoms with Crippen LogP contribution in [0.1, 0.15) is 18.9 Å². The molecule has 3 heteroatoms. The molecule has 0 saturated carbocycles. The Kier molecular flexibility index (Phi) is 1.96. The maximum Gasteiger partial charge on any atom is 0.119 e. The first-order chi connectivity index (χ1) is 7.66. The minimum absolute atomic E-state index is 0.235. The standard InChI is InChI=1S/C13H18N2O/c1-13-6-7-14-12(13)15(2)11-5-4-9(16-3)8-10(11)13/h4-5,8,12,14H,6-7H2,1-3H3/t12-,13+/m1/s1. The van der Waals surface area contributed by atoms with E-state index in [9.17, 15) is 0 Å². The number of fused-ring (bicyclic) bond motifs is 3. The van der Waals surface area contributed by atoms with Crippen LogP contribution < -0.4 is 15.0 Å². The second-order valence-electron chi connectivity index (χ2n) is 5.02. The zero-order valence-electron chi connectivity index (χ0n) is 10.1. The van der Waals surface area contributed by atoms with Crippen LogP contribution in [-0.2, 0) is 5.41 Å². The van der Waals surface area contributed by atoms with Gasteiger partial charge in [0.2, 0.25) is 0 Å². The molecule has 0 spiro atoms. The molecule has 0 unspecified atom stereocenters. The summed E-state index contributed by atoms with van der Waals surface area (Å²) < 4.78 is 5.33. The third-order valence-electron chi connectivity index (χ3n) is 4.17. The average molecular weight is 218 g/mol. The maximum atomic E-state index is 5.33. The Bertz CT molecular complexity index is 432. The fraction of sp³-hybridized carbons (Fsp3) is 0.538. The van der Waals surface area contributed by atoms with Gasteiger partial charge in [-0.3, -0.25) is 5.32 Å². The summed E-state index contributed by atoms with van der Waals surface area (Å²) in [6.45, 7) is 3.45. The number of ether oxygens (including phenoxy) is 1. The summed E-state index contributed by atoms with van der Waals surface area (Å²) in [6, 6.07) is 6.40. The molecule has 1 saturated heterocycles. The van der Waals surface area contributed by atoms with Gasteiger partial charge >= 0.3 is 0 Å². The van der Waals surface area contributed by atoms with Gasteiger partial charge in [0.05, 0.1) is 13.3 Å². The fourth-order valence-electron chi connectivity index (χ4n) is 3.22. The van der Waals surface area contributed by atoms with Gasteiger partial charge in [-0.1, -0.05) is 6.92 Å². The van der Waals surface area contributed by atoms with E-state index in [1.54, 1.807) is 7.11 Å². The van der Waals surface area contributed by atoms with E-state index in [1.807, 2.05) is 6.07 Å². The molecule has 0 radical (unpaired) electrons. The Morgan fingerprint density at radius 3 is 3.06 bits per heavy atom. The quantitative estimate of drug-likeness (QED) is 0.777.